The van der Waals surface area contributed by atoms with E-state index in [1.807, 2.05) is 0 Å². The van der Waals surface area contributed by atoms with E-state index >= 15 is 0 Å². The molecule has 0 spiro atoms. The quantitative estimate of drug-likeness (QED) is 0.408. The number of nitrogens with one attached hydrogen (secondary N) is 2. The summed E-state index contributed by atoms with van der Waals surface area (Å²) in [5, 5.41) is 5.16. The van der Waals surface area contributed by atoms with E-state index in [4.69, 9.17) is 9.47 Å². The summed E-state index contributed by atoms with van der Waals surface area (Å²) in [6.45, 7) is 5.48. The number of amides is 2. The lowest BCUT2D eigenvalue weighted by Crippen LogP contribution is -2.39. The molecule has 8 heteroatoms. The Labute approximate surface area is 187 Å². The summed E-state index contributed by atoms with van der Waals surface area (Å²) < 4.78 is 23.6. The summed E-state index contributed by atoms with van der Waals surface area (Å²) in [7, 11) is 0. The first-order valence-electron chi connectivity index (χ1n) is 10.6. The molecular weight excluding hydrogens is 415 g/mol. The first-order valence-corrected chi connectivity index (χ1v) is 10.6. The van der Waals surface area contributed by atoms with Crippen molar-refractivity contribution in [3.8, 4) is 5.75 Å². The largest absolute Gasteiger partial charge is 0.494 e. The van der Waals surface area contributed by atoms with Crippen LogP contribution in [0.15, 0.2) is 48.5 Å². The monoisotopic (exact) mass is 444 g/mol. The fourth-order valence-corrected chi connectivity index (χ4v) is 2.75. The van der Waals surface area contributed by atoms with E-state index < -0.39 is 29.9 Å². The first-order chi connectivity index (χ1) is 15.3. The second kappa shape index (κ2) is 12.4. The number of carbonyl (C=O) groups excluding carboxylic acids is 3. The number of halogens is 1. The lowest BCUT2D eigenvalue weighted by molar-refractivity contribution is -0.154. The molecule has 0 aliphatic rings. The molecule has 2 rings (SSSR count). The van der Waals surface area contributed by atoms with E-state index in [1.165, 1.54) is 19.1 Å². The highest BCUT2D eigenvalue weighted by molar-refractivity contribution is 5.96. The molecule has 0 saturated heterocycles. The van der Waals surface area contributed by atoms with Crippen molar-refractivity contribution in [3.05, 3.63) is 65.5 Å². The van der Waals surface area contributed by atoms with Gasteiger partial charge >= 0.3 is 5.97 Å². The van der Waals surface area contributed by atoms with Gasteiger partial charge in [0.05, 0.1) is 12.6 Å². The summed E-state index contributed by atoms with van der Waals surface area (Å²) in [4.78, 5) is 36.5. The van der Waals surface area contributed by atoms with Crippen LogP contribution >= 0.6 is 0 Å². The van der Waals surface area contributed by atoms with Crippen molar-refractivity contribution in [2.24, 2.45) is 0 Å². The smallest absolute Gasteiger partial charge is 0.326 e. The van der Waals surface area contributed by atoms with Gasteiger partial charge in [0.25, 0.3) is 11.8 Å². The highest BCUT2D eigenvalue weighted by Gasteiger charge is 2.20. The van der Waals surface area contributed by atoms with Crippen LogP contribution in [0.25, 0.3) is 0 Å². The third kappa shape index (κ3) is 8.02. The summed E-state index contributed by atoms with van der Waals surface area (Å²) in [5.41, 5.74) is 1.09. The van der Waals surface area contributed by atoms with Crippen molar-refractivity contribution in [2.45, 2.75) is 45.8 Å². The Kier molecular flexibility index (Phi) is 9.66. The predicted octanol–water partition coefficient (Wildman–Crippen LogP) is 3.54. The minimum atomic E-state index is -1.05. The van der Waals surface area contributed by atoms with Crippen LogP contribution in [0, 0.1) is 5.82 Å². The molecule has 2 amide bonds. The van der Waals surface area contributed by atoms with Gasteiger partial charge in [0.2, 0.25) is 0 Å². The summed E-state index contributed by atoms with van der Waals surface area (Å²) >= 11 is 0. The van der Waals surface area contributed by atoms with Crippen LogP contribution < -0.4 is 15.4 Å². The first kappa shape index (κ1) is 24.8. The van der Waals surface area contributed by atoms with Crippen LogP contribution in [0.4, 0.5) is 4.39 Å². The van der Waals surface area contributed by atoms with Gasteiger partial charge in [-0.2, -0.15) is 0 Å². The number of benzene rings is 2. The molecule has 0 radical (unpaired) electrons. The third-order valence-electron chi connectivity index (χ3n) is 4.68. The molecule has 0 aliphatic carbocycles. The molecule has 0 heterocycles. The zero-order valence-corrected chi connectivity index (χ0v) is 18.5. The van der Waals surface area contributed by atoms with Crippen molar-refractivity contribution < 1.29 is 28.2 Å². The molecule has 2 aromatic rings. The summed E-state index contributed by atoms with van der Waals surface area (Å²) in [6.07, 6.45) is 0.928. The standard InChI is InChI=1S/C24H29FN2O5/c1-4-5-14-31-21-12-8-19(9-13-21)24(30)26-15-22(28)32-17(3)23(29)27-16(2)18-6-10-20(25)11-7-18/h6-13,16-17H,4-5,14-15H2,1-3H3,(H,26,30)(H,27,29). The van der Waals surface area contributed by atoms with Crippen molar-refractivity contribution in [3.63, 3.8) is 0 Å². The Balaban J connectivity index is 1.75. The number of carbonyl (C=O) groups is 3. The number of ether oxygens (including phenoxy) is 2. The van der Waals surface area contributed by atoms with Gasteiger partial charge in [0.15, 0.2) is 6.10 Å². The molecule has 0 fully saturated rings. The van der Waals surface area contributed by atoms with Crippen LogP contribution in [0.5, 0.6) is 5.75 Å². The van der Waals surface area contributed by atoms with E-state index in [9.17, 15) is 18.8 Å². The summed E-state index contributed by atoms with van der Waals surface area (Å²) in [6, 6.07) is 11.9. The topological polar surface area (TPSA) is 93.7 Å². The molecule has 0 saturated carbocycles. The minimum absolute atomic E-state index is 0.368. The molecule has 0 aliphatic heterocycles. The molecule has 0 bridgehead atoms. The highest BCUT2D eigenvalue weighted by Crippen LogP contribution is 2.14. The Hall–Kier alpha value is -3.42. The van der Waals surface area contributed by atoms with Crippen LogP contribution in [0.1, 0.15) is 55.6 Å². The Morgan fingerprint density at radius 1 is 1.00 bits per heavy atom. The molecule has 2 unspecified atom stereocenters. The van der Waals surface area contributed by atoms with Crippen molar-refractivity contribution >= 4 is 17.8 Å². The maximum Gasteiger partial charge on any atom is 0.326 e. The number of hydrogen-bond acceptors (Lipinski definition) is 5. The number of rotatable bonds is 11. The predicted molar refractivity (Wildman–Crippen MR) is 118 cm³/mol. The number of unbranched alkanes of at least 4 members (excludes halogenated alkanes) is 1. The van der Waals surface area contributed by atoms with Crippen LogP contribution in [0.2, 0.25) is 0 Å². The molecule has 2 aromatic carbocycles. The van der Waals surface area contributed by atoms with Gasteiger partial charge in [-0.15, -0.1) is 0 Å². The maximum atomic E-state index is 13.0. The zero-order valence-electron chi connectivity index (χ0n) is 18.5. The average molecular weight is 445 g/mol. The second-order valence-electron chi connectivity index (χ2n) is 7.32. The fraction of sp³-hybridized carbons (Fsp3) is 0.375. The lowest BCUT2D eigenvalue weighted by atomic mass is 10.1. The van der Waals surface area contributed by atoms with E-state index in [2.05, 4.69) is 17.6 Å². The zero-order chi connectivity index (χ0) is 23.5. The molecule has 2 N–H and O–H groups in total. The van der Waals surface area contributed by atoms with Gasteiger partial charge < -0.3 is 20.1 Å². The number of hydrogen-bond donors (Lipinski definition) is 2. The van der Waals surface area contributed by atoms with Gasteiger partial charge in [0, 0.05) is 5.56 Å². The Bertz CT molecular complexity index is 900. The second-order valence-corrected chi connectivity index (χ2v) is 7.32. The van der Waals surface area contributed by atoms with Crippen LogP contribution in [-0.2, 0) is 14.3 Å². The Morgan fingerprint density at radius 2 is 1.66 bits per heavy atom. The van der Waals surface area contributed by atoms with Crippen molar-refractivity contribution in [1.82, 2.24) is 10.6 Å². The maximum absolute atomic E-state index is 13.0. The molecule has 32 heavy (non-hydrogen) atoms. The lowest BCUT2D eigenvalue weighted by Gasteiger charge is -2.18. The van der Waals surface area contributed by atoms with E-state index in [1.54, 1.807) is 43.3 Å². The van der Waals surface area contributed by atoms with Crippen LogP contribution in [-0.4, -0.2) is 37.0 Å². The van der Waals surface area contributed by atoms with Crippen LogP contribution in [0.3, 0.4) is 0 Å². The van der Waals surface area contributed by atoms with E-state index in [0.717, 1.165) is 12.8 Å². The van der Waals surface area contributed by atoms with Crippen molar-refractivity contribution in [2.75, 3.05) is 13.2 Å². The molecular formula is C24H29FN2O5. The third-order valence-corrected chi connectivity index (χ3v) is 4.68. The normalized spacial score (nSPS) is 12.4. The number of esters is 1. The molecule has 0 aromatic heterocycles. The average Bonchev–Trinajstić information content (AvgIpc) is 2.78. The van der Waals surface area contributed by atoms with E-state index in [0.29, 0.717) is 23.5 Å². The molecule has 7 nitrogen and oxygen atoms in total. The summed E-state index contributed by atoms with van der Waals surface area (Å²) in [5.74, 6) is -1.38. The van der Waals surface area contributed by atoms with Gasteiger partial charge in [-0.25, -0.2) is 4.39 Å². The highest BCUT2D eigenvalue weighted by atomic mass is 19.1. The minimum Gasteiger partial charge on any atom is -0.494 e. The van der Waals surface area contributed by atoms with Gasteiger partial charge in [-0.3, -0.25) is 14.4 Å². The SMILES string of the molecule is CCCCOc1ccc(C(=O)NCC(=O)OC(C)C(=O)NC(C)c2ccc(F)cc2)cc1. The van der Waals surface area contributed by atoms with Gasteiger partial charge in [-0.1, -0.05) is 25.5 Å². The Morgan fingerprint density at radius 3 is 2.28 bits per heavy atom. The van der Waals surface area contributed by atoms with Gasteiger partial charge in [0.1, 0.15) is 18.1 Å². The van der Waals surface area contributed by atoms with Gasteiger partial charge in [-0.05, 0) is 62.2 Å². The van der Waals surface area contributed by atoms with Crippen molar-refractivity contribution in [1.29, 1.82) is 0 Å². The molecule has 172 valence electrons. The molecule has 2 atom stereocenters. The van der Waals surface area contributed by atoms with E-state index in [-0.39, 0.29) is 12.4 Å². The fourth-order valence-electron chi connectivity index (χ4n) is 2.75.